The third kappa shape index (κ3) is 55.8. The highest BCUT2D eigenvalue weighted by atomic mass is 16.6. The fraction of sp³-hybridized carbons (Fsp3) is 0.554. The molecule has 0 N–H and O–H groups in total. The first-order valence-electron chi connectivity index (χ1n) is 28.0. The zero-order valence-corrected chi connectivity index (χ0v) is 45.2. The summed E-state index contributed by atoms with van der Waals surface area (Å²) in [5.41, 5.74) is 0. The molecule has 0 spiro atoms. The van der Waals surface area contributed by atoms with E-state index in [2.05, 4.69) is 179 Å². The van der Waals surface area contributed by atoms with Crippen molar-refractivity contribution in [2.45, 2.75) is 219 Å². The molecule has 0 aromatic heterocycles. The van der Waals surface area contributed by atoms with E-state index in [1.54, 1.807) is 0 Å². The third-order valence-electron chi connectivity index (χ3n) is 11.0. The van der Waals surface area contributed by atoms with Crippen molar-refractivity contribution >= 4 is 17.9 Å². The van der Waals surface area contributed by atoms with E-state index >= 15 is 0 Å². The number of carbonyl (C=O) groups is 3. The van der Waals surface area contributed by atoms with E-state index in [-0.39, 0.29) is 37.5 Å². The average molecular weight is 978 g/mol. The summed E-state index contributed by atoms with van der Waals surface area (Å²) in [5.74, 6) is -1.04. The van der Waals surface area contributed by atoms with Crippen molar-refractivity contribution in [2.24, 2.45) is 0 Å². The average Bonchev–Trinajstić information content (AvgIpc) is 3.37. The first-order valence-corrected chi connectivity index (χ1v) is 28.0. The molecule has 0 aliphatic rings. The smallest absolute Gasteiger partial charge is 0.306 e. The van der Waals surface area contributed by atoms with Crippen LogP contribution < -0.4 is 0 Å². The number of carbonyl (C=O) groups excluding carboxylic acids is 3. The van der Waals surface area contributed by atoms with Gasteiger partial charge < -0.3 is 14.2 Å². The van der Waals surface area contributed by atoms with Crippen LogP contribution in [0, 0.1) is 0 Å². The second-order valence-electron chi connectivity index (χ2n) is 17.7. The second kappa shape index (κ2) is 57.6. The second-order valence-corrected chi connectivity index (χ2v) is 17.7. The number of esters is 3. The molecule has 0 rings (SSSR count). The quantitative estimate of drug-likeness (QED) is 0.0262. The van der Waals surface area contributed by atoms with Crippen molar-refractivity contribution in [1.82, 2.24) is 0 Å². The lowest BCUT2D eigenvalue weighted by Gasteiger charge is -2.18. The van der Waals surface area contributed by atoms with Gasteiger partial charge in [-0.3, -0.25) is 14.4 Å². The van der Waals surface area contributed by atoms with Gasteiger partial charge in [0, 0.05) is 19.3 Å². The molecule has 0 saturated heterocycles. The fourth-order valence-corrected chi connectivity index (χ4v) is 6.85. The van der Waals surface area contributed by atoms with Crippen LogP contribution in [0.5, 0.6) is 0 Å². The molecule has 0 fully saturated rings. The SMILES string of the molecule is CC/C=C\C/C=C\C/C=C\C/C=C\C/C=C\CCCCCC(=O)OC[C@H](COC(=O)CCCCC/C=C\C/C=C\C/C=C\C/C=C\CCCCC)OC(=O)CCCC/C=C\C/C=C\C/C=C\C/C=C\CC. The topological polar surface area (TPSA) is 78.9 Å². The first kappa shape index (κ1) is 66.0. The Hall–Kier alpha value is -4.97. The van der Waals surface area contributed by atoms with E-state index < -0.39 is 6.10 Å². The van der Waals surface area contributed by atoms with E-state index in [4.69, 9.17) is 14.2 Å². The van der Waals surface area contributed by atoms with Gasteiger partial charge >= 0.3 is 17.9 Å². The summed E-state index contributed by atoms with van der Waals surface area (Å²) in [4.78, 5) is 38.1. The van der Waals surface area contributed by atoms with E-state index in [0.29, 0.717) is 19.3 Å². The maximum absolute atomic E-state index is 12.8. The number of unbranched alkanes of at least 4 members (excludes halogenated alkanes) is 11. The van der Waals surface area contributed by atoms with Gasteiger partial charge in [0.15, 0.2) is 6.10 Å². The Morgan fingerprint density at radius 3 is 0.859 bits per heavy atom. The normalized spacial score (nSPS) is 13.3. The van der Waals surface area contributed by atoms with E-state index in [9.17, 15) is 14.4 Å². The van der Waals surface area contributed by atoms with Crippen LogP contribution in [0.15, 0.2) is 158 Å². The minimum Gasteiger partial charge on any atom is -0.462 e. The molecule has 0 aliphatic carbocycles. The predicted molar refractivity (Wildman–Crippen MR) is 306 cm³/mol. The molecule has 396 valence electrons. The molecular formula is C65H100O6. The Bertz CT molecular complexity index is 1640. The lowest BCUT2D eigenvalue weighted by Crippen LogP contribution is -2.30. The lowest BCUT2D eigenvalue weighted by molar-refractivity contribution is -0.167. The first-order chi connectivity index (χ1) is 35.0. The third-order valence-corrected chi connectivity index (χ3v) is 11.0. The van der Waals surface area contributed by atoms with Crippen molar-refractivity contribution in [3.05, 3.63) is 158 Å². The van der Waals surface area contributed by atoms with Gasteiger partial charge in [0.25, 0.3) is 0 Å². The molecule has 0 radical (unpaired) electrons. The Morgan fingerprint density at radius 2 is 0.549 bits per heavy atom. The molecule has 0 saturated carbocycles. The van der Waals surface area contributed by atoms with Gasteiger partial charge in [0.1, 0.15) is 13.2 Å². The van der Waals surface area contributed by atoms with Crippen molar-refractivity contribution in [3.8, 4) is 0 Å². The van der Waals surface area contributed by atoms with Crippen LogP contribution in [0.25, 0.3) is 0 Å². The highest BCUT2D eigenvalue weighted by Gasteiger charge is 2.19. The minimum atomic E-state index is -0.836. The number of allylic oxidation sites excluding steroid dienone is 26. The van der Waals surface area contributed by atoms with Gasteiger partial charge in [-0.2, -0.15) is 0 Å². The Balaban J connectivity index is 4.60. The fourth-order valence-electron chi connectivity index (χ4n) is 6.85. The molecule has 0 amide bonds. The van der Waals surface area contributed by atoms with Gasteiger partial charge in [0.05, 0.1) is 0 Å². The summed E-state index contributed by atoms with van der Waals surface area (Å²) in [5, 5.41) is 0. The summed E-state index contributed by atoms with van der Waals surface area (Å²) in [6, 6.07) is 0. The Kier molecular flexibility index (Phi) is 53.6. The van der Waals surface area contributed by atoms with Gasteiger partial charge in [-0.15, -0.1) is 0 Å². The molecule has 71 heavy (non-hydrogen) atoms. The highest BCUT2D eigenvalue weighted by molar-refractivity contribution is 5.71. The monoisotopic (exact) mass is 977 g/mol. The summed E-state index contributed by atoms with van der Waals surface area (Å²) in [7, 11) is 0. The summed E-state index contributed by atoms with van der Waals surface area (Å²) in [6.45, 7) is 6.27. The molecule has 0 bridgehead atoms. The van der Waals surface area contributed by atoms with Crippen LogP contribution in [0.4, 0.5) is 0 Å². The van der Waals surface area contributed by atoms with Crippen LogP contribution in [-0.4, -0.2) is 37.2 Å². The van der Waals surface area contributed by atoms with E-state index in [1.165, 1.54) is 25.7 Å². The lowest BCUT2D eigenvalue weighted by atomic mass is 10.1. The summed E-state index contributed by atoms with van der Waals surface area (Å²) < 4.78 is 16.8. The van der Waals surface area contributed by atoms with Gasteiger partial charge in [-0.25, -0.2) is 0 Å². The van der Waals surface area contributed by atoms with Crippen LogP contribution in [-0.2, 0) is 28.6 Å². The summed E-state index contributed by atoms with van der Waals surface area (Å²) >= 11 is 0. The molecule has 0 heterocycles. The van der Waals surface area contributed by atoms with Crippen molar-refractivity contribution < 1.29 is 28.6 Å². The van der Waals surface area contributed by atoms with E-state index in [0.717, 1.165) is 141 Å². The maximum atomic E-state index is 12.8. The number of hydrogen-bond donors (Lipinski definition) is 0. The molecule has 0 aliphatic heterocycles. The standard InChI is InChI=1S/C65H100O6/c1-4-7-10-13-16-19-22-25-28-30-32-34-37-39-42-45-48-51-54-57-63(66)69-60-62(71-65(68)59-56-53-50-47-44-41-36-27-24-21-18-15-12-9-6-3)61-70-64(67)58-55-52-49-46-43-40-38-35-33-31-29-26-23-20-17-14-11-8-5-2/h7,9-10,12,16-21,25-29,32-36,39-40,42-44,47,62H,4-6,8,11,13-15,22-24,30-31,37-38,41,45-46,48-61H2,1-3H3/b10-7-,12-9-,19-16-,20-17-,21-18-,28-25-,29-26-,34-32-,35-33-,36-27-,42-39-,43-40-,47-44-/t62-/m1/s1. The molecule has 0 aromatic rings. The van der Waals surface area contributed by atoms with Crippen LogP contribution in [0.2, 0.25) is 0 Å². The molecule has 0 unspecified atom stereocenters. The van der Waals surface area contributed by atoms with E-state index in [1.807, 2.05) is 0 Å². The molecule has 0 aromatic carbocycles. The largest absolute Gasteiger partial charge is 0.462 e. The van der Waals surface area contributed by atoms with Crippen LogP contribution >= 0.6 is 0 Å². The van der Waals surface area contributed by atoms with Gasteiger partial charge in [-0.1, -0.05) is 204 Å². The van der Waals surface area contributed by atoms with Gasteiger partial charge in [0.2, 0.25) is 0 Å². The Labute approximate surface area is 435 Å². The number of hydrogen-bond acceptors (Lipinski definition) is 6. The van der Waals surface area contributed by atoms with Crippen molar-refractivity contribution in [2.75, 3.05) is 13.2 Å². The summed E-state index contributed by atoms with van der Waals surface area (Å²) in [6.07, 6.45) is 83.7. The molecule has 6 nitrogen and oxygen atoms in total. The van der Waals surface area contributed by atoms with Crippen molar-refractivity contribution in [3.63, 3.8) is 0 Å². The molecule has 6 heteroatoms. The zero-order valence-electron chi connectivity index (χ0n) is 45.2. The molecule has 1 atom stereocenters. The minimum absolute atomic E-state index is 0.130. The van der Waals surface area contributed by atoms with Crippen molar-refractivity contribution in [1.29, 1.82) is 0 Å². The Morgan fingerprint density at radius 1 is 0.296 bits per heavy atom. The van der Waals surface area contributed by atoms with Gasteiger partial charge in [-0.05, 0) is 148 Å². The van der Waals surface area contributed by atoms with Crippen LogP contribution in [0.3, 0.4) is 0 Å². The number of rotatable bonds is 48. The zero-order chi connectivity index (χ0) is 51.4. The predicted octanol–water partition coefficient (Wildman–Crippen LogP) is 19.0. The van der Waals surface area contributed by atoms with Crippen LogP contribution in [0.1, 0.15) is 213 Å². The number of ether oxygens (including phenoxy) is 3. The molecular weight excluding hydrogens is 877 g/mol. The highest BCUT2D eigenvalue weighted by Crippen LogP contribution is 2.11. The maximum Gasteiger partial charge on any atom is 0.306 e.